The van der Waals surface area contributed by atoms with Crippen molar-refractivity contribution in [2.75, 3.05) is 6.61 Å². The number of rotatable bonds is 7. The van der Waals surface area contributed by atoms with Crippen molar-refractivity contribution < 1.29 is 18.3 Å². The summed E-state index contributed by atoms with van der Waals surface area (Å²) in [6.45, 7) is 4.38. The molecule has 21 heavy (non-hydrogen) atoms. The average molecular weight is 313 g/mol. The SMILES string of the molecule is CCCOc1ccc(S(=O)(=O)NC2CC(C)C2)cc1CO. The molecule has 2 rings (SSSR count). The van der Waals surface area contributed by atoms with Crippen molar-refractivity contribution in [3.63, 3.8) is 0 Å². The Morgan fingerprint density at radius 2 is 2.10 bits per heavy atom. The first-order chi connectivity index (χ1) is 9.96. The first-order valence-corrected chi connectivity index (χ1v) is 8.83. The van der Waals surface area contributed by atoms with Crippen LogP contribution in [0.25, 0.3) is 0 Å². The second kappa shape index (κ2) is 6.77. The van der Waals surface area contributed by atoms with E-state index in [-0.39, 0.29) is 17.5 Å². The van der Waals surface area contributed by atoms with Gasteiger partial charge in [0.2, 0.25) is 10.0 Å². The topological polar surface area (TPSA) is 75.6 Å². The van der Waals surface area contributed by atoms with Crippen LogP contribution in [0.3, 0.4) is 0 Å². The fourth-order valence-electron chi connectivity index (χ4n) is 2.49. The average Bonchev–Trinajstić information content (AvgIpc) is 2.43. The van der Waals surface area contributed by atoms with E-state index in [1.807, 2.05) is 6.92 Å². The molecule has 1 aliphatic carbocycles. The Bertz CT molecular complexity index is 579. The van der Waals surface area contributed by atoms with Crippen LogP contribution in [0.4, 0.5) is 0 Å². The minimum Gasteiger partial charge on any atom is -0.493 e. The van der Waals surface area contributed by atoms with Crippen molar-refractivity contribution >= 4 is 10.0 Å². The molecule has 0 saturated heterocycles. The van der Waals surface area contributed by atoms with Gasteiger partial charge in [0.05, 0.1) is 18.1 Å². The lowest BCUT2D eigenvalue weighted by Crippen LogP contribution is -2.43. The number of sulfonamides is 1. The van der Waals surface area contributed by atoms with Gasteiger partial charge in [-0.05, 0) is 43.4 Å². The second-order valence-electron chi connectivity index (χ2n) is 5.67. The van der Waals surface area contributed by atoms with E-state index in [0.717, 1.165) is 19.3 Å². The molecule has 2 N–H and O–H groups in total. The molecule has 1 fully saturated rings. The van der Waals surface area contributed by atoms with Crippen molar-refractivity contribution in [2.24, 2.45) is 5.92 Å². The van der Waals surface area contributed by atoms with E-state index in [2.05, 4.69) is 11.6 Å². The van der Waals surface area contributed by atoms with Crippen LogP contribution in [-0.2, 0) is 16.6 Å². The van der Waals surface area contributed by atoms with Crippen LogP contribution in [0.1, 0.15) is 38.7 Å². The molecular formula is C15H23NO4S. The lowest BCUT2D eigenvalue weighted by Gasteiger charge is -2.32. The zero-order valence-corrected chi connectivity index (χ0v) is 13.3. The Balaban J connectivity index is 2.15. The van der Waals surface area contributed by atoms with Gasteiger partial charge in [-0.15, -0.1) is 0 Å². The van der Waals surface area contributed by atoms with E-state index in [1.54, 1.807) is 6.07 Å². The van der Waals surface area contributed by atoms with Gasteiger partial charge in [0.15, 0.2) is 0 Å². The second-order valence-corrected chi connectivity index (χ2v) is 7.38. The molecule has 0 amide bonds. The summed E-state index contributed by atoms with van der Waals surface area (Å²) in [5.41, 5.74) is 0.494. The van der Waals surface area contributed by atoms with Crippen molar-refractivity contribution in [2.45, 2.75) is 50.7 Å². The van der Waals surface area contributed by atoms with Gasteiger partial charge in [-0.2, -0.15) is 0 Å². The molecule has 0 heterocycles. The predicted molar refractivity (Wildman–Crippen MR) is 80.7 cm³/mol. The summed E-state index contributed by atoms with van der Waals surface area (Å²) >= 11 is 0. The molecule has 0 unspecified atom stereocenters. The van der Waals surface area contributed by atoms with Crippen LogP contribution >= 0.6 is 0 Å². The fraction of sp³-hybridized carbons (Fsp3) is 0.600. The van der Waals surface area contributed by atoms with Crippen LogP contribution in [0.15, 0.2) is 23.1 Å². The molecule has 0 spiro atoms. The number of hydrogen-bond donors (Lipinski definition) is 2. The summed E-state index contributed by atoms with van der Waals surface area (Å²) < 4.78 is 32.8. The monoisotopic (exact) mass is 313 g/mol. The maximum atomic E-state index is 12.3. The Kier molecular flexibility index (Phi) is 5.24. The Hall–Kier alpha value is -1.11. The van der Waals surface area contributed by atoms with Crippen molar-refractivity contribution in [3.8, 4) is 5.75 Å². The summed E-state index contributed by atoms with van der Waals surface area (Å²) in [7, 11) is -3.53. The Labute approximate surface area is 126 Å². The molecule has 118 valence electrons. The minimum atomic E-state index is -3.53. The van der Waals surface area contributed by atoms with Gasteiger partial charge in [-0.1, -0.05) is 13.8 Å². The molecule has 1 saturated carbocycles. The number of ether oxygens (including phenoxy) is 1. The zero-order chi connectivity index (χ0) is 15.5. The lowest BCUT2D eigenvalue weighted by atomic mass is 9.83. The first kappa shape index (κ1) is 16.3. The largest absolute Gasteiger partial charge is 0.493 e. The quantitative estimate of drug-likeness (QED) is 0.808. The van der Waals surface area contributed by atoms with Gasteiger partial charge < -0.3 is 9.84 Å². The highest BCUT2D eigenvalue weighted by Gasteiger charge is 2.30. The fourth-order valence-corrected chi connectivity index (χ4v) is 3.80. The van der Waals surface area contributed by atoms with Gasteiger partial charge in [0, 0.05) is 11.6 Å². The van der Waals surface area contributed by atoms with E-state index in [9.17, 15) is 13.5 Å². The zero-order valence-electron chi connectivity index (χ0n) is 12.5. The van der Waals surface area contributed by atoms with Gasteiger partial charge in [-0.3, -0.25) is 0 Å². The Morgan fingerprint density at radius 1 is 1.38 bits per heavy atom. The summed E-state index contributed by atoms with van der Waals surface area (Å²) in [5, 5.41) is 9.39. The molecule has 0 aliphatic heterocycles. The lowest BCUT2D eigenvalue weighted by molar-refractivity contribution is 0.262. The number of nitrogens with one attached hydrogen (secondary N) is 1. The van der Waals surface area contributed by atoms with E-state index >= 15 is 0 Å². The highest BCUT2D eigenvalue weighted by atomic mass is 32.2. The molecule has 1 aromatic rings. The summed E-state index contributed by atoms with van der Waals surface area (Å²) in [6.07, 6.45) is 2.61. The van der Waals surface area contributed by atoms with E-state index in [1.165, 1.54) is 12.1 Å². The summed E-state index contributed by atoms with van der Waals surface area (Å²) in [5.74, 6) is 1.12. The third-order valence-corrected chi connectivity index (χ3v) is 5.19. The standard InChI is InChI=1S/C15H23NO4S/c1-3-6-20-15-5-4-14(9-12(15)10-17)21(18,19)16-13-7-11(2)8-13/h4-5,9,11,13,16-17H,3,6-8,10H2,1-2H3. The molecule has 0 aromatic heterocycles. The molecule has 6 heteroatoms. The van der Waals surface area contributed by atoms with Crippen molar-refractivity contribution in [3.05, 3.63) is 23.8 Å². The van der Waals surface area contributed by atoms with Crippen LogP contribution in [0, 0.1) is 5.92 Å². The maximum Gasteiger partial charge on any atom is 0.240 e. The molecule has 0 radical (unpaired) electrons. The first-order valence-electron chi connectivity index (χ1n) is 7.35. The number of benzene rings is 1. The van der Waals surface area contributed by atoms with Crippen LogP contribution in [0.2, 0.25) is 0 Å². The molecule has 1 aromatic carbocycles. The van der Waals surface area contributed by atoms with E-state index in [0.29, 0.717) is 23.8 Å². The van der Waals surface area contributed by atoms with Crippen molar-refractivity contribution in [1.29, 1.82) is 0 Å². The predicted octanol–water partition coefficient (Wildman–Crippen LogP) is 2.04. The van der Waals surface area contributed by atoms with E-state index in [4.69, 9.17) is 4.74 Å². The van der Waals surface area contributed by atoms with Crippen LogP contribution in [0.5, 0.6) is 5.75 Å². The van der Waals surface area contributed by atoms with Gasteiger partial charge in [0.25, 0.3) is 0 Å². The van der Waals surface area contributed by atoms with E-state index < -0.39 is 10.0 Å². The van der Waals surface area contributed by atoms with Crippen molar-refractivity contribution in [1.82, 2.24) is 4.72 Å². The number of aliphatic hydroxyl groups excluding tert-OH is 1. The molecule has 1 aliphatic rings. The number of hydrogen-bond acceptors (Lipinski definition) is 4. The highest BCUT2D eigenvalue weighted by molar-refractivity contribution is 7.89. The maximum absolute atomic E-state index is 12.3. The Morgan fingerprint density at radius 3 is 2.67 bits per heavy atom. The third kappa shape index (κ3) is 3.96. The highest BCUT2D eigenvalue weighted by Crippen LogP contribution is 2.29. The molecule has 0 atom stereocenters. The summed E-state index contributed by atoms with van der Waals surface area (Å²) in [4.78, 5) is 0.176. The van der Waals surface area contributed by atoms with Gasteiger partial charge in [0.1, 0.15) is 5.75 Å². The minimum absolute atomic E-state index is 0.0265. The normalized spacial score (nSPS) is 21.9. The molecular weight excluding hydrogens is 290 g/mol. The number of aliphatic hydroxyl groups is 1. The van der Waals surface area contributed by atoms with Crippen LogP contribution in [-0.4, -0.2) is 26.2 Å². The molecule has 0 bridgehead atoms. The van der Waals surface area contributed by atoms with Crippen LogP contribution < -0.4 is 9.46 Å². The van der Waals surface area contributed by atoms with Gasteiger partial charge in [-0.25, -0.2) is 13.1 Å². The summed E-state index contributed by atoms with van der Waals surface area (Å²) in [6, 6.07) is 4.64. The molecule has 5 nitrogen and oxygen atoms in total. The third-order valence-electron chi connectivity index (χ3n) is 3.67. The van der Waals surface area contributed by atoms with Gasteiger partial charge >= 0.3 is 0 Å². The smallest absolute Gasteiger partial charge is 0.240 e.